The van der Waals surface area contributed by atoms with Crippen molar-refractivity contribution in [3.63, 3.8) is 0 Å². The molecule has 17 heavy (non-hydrogen) atoms. The summed E-state index contributed by atoms with van der Waals surface area (Å²) >= 11 is 9.65. The van der Waals surface area contributed by atoms with Gasteiger partial charge in [-0.1, -0.05) is 11.6 Å². The third kappa shape index (κ3) is 4.80. The zero-order chi connectivity index (χ0) is 12.7. The summed E-state index contributed by atoms with van der Waals surface area (Å²) in [6, 6.07) is 4.27. The van der Waals surface area contributed by atoms with Crippen LogP contribution in [0.4, 0.5) is 5.69 Å². The molecule has 1 rings (SSSR count). The number of nitro benzene ring substituents is 1. The van der Waals surface area contributed by atoms with E-state index in [0.717, 1.165) is 0 Å². The fourth-order valence-electron chi connectivity index (χ4n) is 1.13. The molecule has 0 amide bonds. The molecule has 1 aromatic carbocycles. The zero-order valence-electron chi connectivity index (χ0n) is 8.97. The van der Waals surface area contributed by atoms with Gasteiger partial charge in [0, 0.05) is 16.8 Å². The molecular formula is C10H12ClNO4S. The first-order chi connectivity index (χ1) is 8.15. The minimum atomic E-state index is -0.532. The smallest absolute Gasteiger partial charge is 0.312 e. The van der Waals surface area contributed by atoms with E-state index >= 15 is 0 Å². The van der Waals surface area contributed by atoms with E-state index in [1.165, 1.54) is 12.1 Å². The van der Waals surface area contributed by atoms with E-state index in [1.807, 2.05) is 0 Å². The van der Waals surface area contributed by atoms with Gasteiger partial charge in [0.2, 0.25) is 0 Å². The molecule has 5 nitrogen and oxygen atoms in total. The Labute approximate surface area is 109 Å². The van der Waals surface area contributed by atoms with Crippen molar-refractivity contribution in [2.45, 2.75) is 0 Å². The summed E-state index contributed by atoms with van der Waals surface area (Å²) in [4.78, 5) is 10.2. The number of nitrogens with zero attached hydrogens (tertiary/aromatic N) is 1. The van der Waals surface area contributed by atoms with Crippen molar-refractivity contribution < 1.29 is 14.4 Å². The first-order valence-electron chi connectivity index (χ1n) is 4.90. The van der Waals surface area contributed by atoms with Gasteiger partial charge in [0.05, 0.1) is 18.1 Å². The minimum Gasteiger partial charge on any atom is -0.484 e. The summed E-state index contributed by atoms with van der Waals surface area (Å²) in [5.41, 5.74) is -0.147. The number of ether oxygens (including phenoxy) is 2. The molecule has 0 aliphatic rings. The molecule has 0 bridgehead atoms. The van der Waals surface area contributed by atoms with Crippen molar-refractivity contribution in [3.05, 3.63) is 33.3 Å². The molecule has 0 spiro atoms. The Morgan fingerprint density at radius 3 is 2.76 bits per heavy atom. The molecule has 0 radical (unpaired) electrons. The summed E-state index contributed by atoms with van der Waals surface area (Å²) in [6.07, 6.45) is 0. The number of halogens is 1. The molecule has 0 saturated carbocycles. The monoisotopic (exact) mass is 277 g/mol. The van der Waals surface area contributed by atoms with Crippen LogP contribution in [0.1, 0.15) is 0 Å². The number of rotatable bonds is 7. The largest absolute Gasteiger partial charge is 0.484 e. The maximum absolute atomic E-state index is 10.7. The lowest BCUT2D eigenvalue weighted by Gasteiger charge is -2.07. The molecule has 0 aliphatic carbocycles. The SMILES string of the molecule is O=[N+]([O-])c1cc(Cl)ccc1OCCOCCS. The van der Waals surface area contributed by atoms with Gasteiger partial charge < -0.3 is 9.47 Å². The van der Waals surface area contributed by atoms with Crippen LogP contribution < -0.4 is 4.74 Å². The molecule has 0 aromatic heterocycles. The van der Waals surface area contributed by atoms with Crippen molar-refractivity contribution >= 4 is 29.9 Å². The van der Waals surface area contributed by atoms with E-state index in [1.54, 1.807) is 6.07 Å². The van der Waals surface area contributed by atoms with Crippen LogP contribution in [-0.2, 0) is 4.74 Å². The van der Waals surface area contributed by atoms with E-state index in [-0.39, 0.29) is 18.0 Å². The van der Waals surface area contributed by atoms with E-state index < -0.39 is 4.92 Å². The average Bonchev–Trinajstić information content (AvgIpc) is 2.30. The van der Waals surface area contributed by atoms with Gasteiger partial charge in [-0.3, -0.25) is 10.1 Å². The van der Waals surface area contributed by atoms with Crippen molar-refractivity contribution in [1.29, 1.82) is 0 Å². The second-order valence-corrected chi connectivity index (χ2v) is 3.94. The minimum absolute atomic E-state index is 0.147. The Morgan fingerprint density at radius 2 is 2.12 bits per heavy atom. The van der Waals surface area contributed by atoms with Crippen LogP contribution >= 0.6 is 24.2 Å². The van der Waals surface area contributed by atoms with Gasteiger partial charge in [0.15, 0.2) is 5.75 Å². The van der Waals surface area contributed by atoms with Crippen molar-refractivity contribution in [2.75, 3.05) is 25.6 Å². The van der Waals surface area contributed by atoms with Crippen molar-refractivity contribution in [3.8, 4) is 5.75 Å². The molecular weight excluding hydrogens is 266 g/mol. The number of nitro groups is 1. The third-order valence-electron chi connectivity index (χ3n) is 1.84. The highest BCUT2D eigenvalue weighted by Gasteiger charge is 2.15. The highest BCUT2D eigenvalue weighted by molar-refractivity contribution is 7.80. The lowest BCUT2D eigenvalue weighted by molar-refractivity contribution is -0.385. The van der Waals surface area contributed by atoms with Crippen LogP contribution in [0.15, 0.2) is 18.2 Å². The first-order valence-corrected chi connectivity index (χ1v) is 5.91. The second-order valence-electron chi connectivity index (χ2n) is 3.05. The quantitative estimate of drug-likeness (QED) is 0.360. The van der Waals surface area contributed by atoms with Crippen LogP contribution in [0.5, 0.6) is 5.75 Å². The van der Waals surface area contributed by atoms with Gasteiger partial charge in [-0.2, -0.15) is 12.6 Å². The lowest BCUT2D eigenvalue weighted by atomic mass is 10.3. The first kappa shape index (κ1) is 14.1. The fraction of sp³-hybridized carbons (Fsp3) is 0.400. The van der Waals surface area contributed by atoms with E-state index in [2.05, 4.69) is 12.6 Å². The lowest BCUT2D eigenvalue weighted by Crippen LogP contribution is -2.09. The maximum atomic E-state index is 10.7. The second kappa shape index (κ2) is 7.37. The molecule has 0 fully saturated rings. The molecule has 0 unspecified atom stereocenters. The molecule has 0 atom stereocenters. The maximum Gasteiger partial charge on any atom is 0.312 e. The number of hydrogen-bond acceptors (Lipinski definition) is 5. The molecule has 0 N–H and O–H groups in total. The summed E-state index contributed by atoms with van der Waals surface area (Å²) < 4.78 is 10.4. The molecule has 7 heteroatoms. The van der Waals surface area contributed by atoms with Crippen LogP contribution in [0, 0.1) is 10.1 Å². The van der Waals surface area contributed by atoms with Gasteiger partial charge in [-0.05, 0) is 12.1 Å². The zero-order valence-corrected chi connectivity index (χ0v) is 10.6. The molecule has 1 aromatic rings. The predicted molar refractivity (Wildman–Crippen MR) is 68.3 cm³/mol. The normalized spacial score (nSPS) is 10.2. The van der Waals surface area contributed by atoms with E-state index in [0.29, 0.717) is 24.0 Å². The van der Waals surface area contributed by atoms with Crippen LogP contribution in [0.2, 0.25) is 5.02 Å². The Hall–Kier alpha value is -0.980. The Bertz CT molecular complexity index is 389. The van der Waals surface area contributed by atoms with E-state index in [4.69, 9.17) is 21.1 Å². The topological polar surface area (TPSA) is 61.6 Å². The average molecular weight is 278 g/mol. The highest BCUT2D eigenvalue weighted by Crippen LogP contribution is 2.29. The van der Waals surface area contributed by atoms with Crippen LogP contribution in [0.3, 0.4) is 0 Å². The number of thiol groups is 1. The third-order valence-corrected chi connectivity index (χ3v) is 2.26. The Balaban J connectivity index is 2.55. The van der Waals surface area contributed by atoms with Crippen molar-refractivity contribution in [2.24, 2.45) is 0 Å². The summed E-state index contributed by atoms with van der Waals surface area (Å²) in [6.45, 7) is 1.13. The van der Waals surface area contributed by atoms with Gasteiger partial charge in [-0.25, -0.2) is 0 Å². The predicted octanol–water partition coefficient (Wildman–Crippen LogP) is 2.57. The van der Waals surface area contributed by atoms with Gasteiger partial charge >= 0.3 is 5.69 Å². The van der Waals surface area contributed by atoms with Gasteiger partial charge in [-0.15, -0.1) is 0 Å². The van der Waals surface area contributed by atoms with E-state index in [9.17, 15) is 10.1 Å². The number of hydrogen-bond donors (Lipinski definition) is 1. The van der Waals surface area contributed by atoms with Crippen LogP contribution in [0.25, 0.3) is 0 Å². The van der Waals surface area contributed by atoms with Gasteiger partial charge in [0.1, 0.15) is 6.61 Å². The summed E-state index contributed by atoms with van der Waals surface area (Å²) in [5.74, 6) is 0.815. The number of benzene rings is 1. The standard InChI is InChI=1S/C10H12ClNO4S/c11-8-1-2-10(9(7-8)12(13)14)16-4-3-15-5-6-17/h1-2,7,17H,3-6H2. The molecule has 0 aliphatic heterocycles. The Morgan fingerprint density at radius 1 is 1.35 bits per heavy atom. The molecule has 0 saturated heterocycles. The summed E-state index contributed by atoms with van der Waals surface area (Å²) in [7, 11) is 0. The summed E-state index contributed by atoms with van der Waals surface area (Å²) in [5, 5.41) is 11.0. The fourth-order valence-corrected chi connectivity index (χ4v) is 1.43. The Kier molecular flexibility index (Phi) is 6.10. The van der Waals surface area contributed by atoms with Crippen molar-refractivity contribution in [1.82, 2.24) is 0 Å². The molecule has 0 heterocycles. The van der Waals surface area contributed by atoms with Crippen LogP contribution in [-0.4, -0.2) is 30.5 Å². The van der Waals surface area contributed by atoms with Gasteiger partial charge in [0.25, 0.3) is 0 Å². The highest BCUT2D eigenvalue weighted by atomic mass is 35.5. The molecule has 94 valence electrons.